The molecule has 21 nitrogen and oxygen atoms in total. The van der Waals surface area contributed by atoms with Crippen molar-refractivity contribution in [3.63, 3.8) is 0 Å². The first-order valence-corrected chi connectivity index (χ1v) is 20.6. The zero-order valence-corrected chi connectivity index (χ0v) is 30.7. The van der Waals surface area contributed by atoms with Crippen LogP contribution in [0.25, 0.3) is 0 Å². The Labute approximate surface area is 314 Å². The third-order valence-electron chi connectivity index (χ3n) is 7.63. The van der Waals surface area contributed by atoms with Gasteiger partial charge in [0, 0.05) is 22.5 Å². The second-order valence-corrected chi connectivity index (χ2v) is 17.1. The van der Waals surface area contributed by atoms with Crippen LogP contribution in [0.4, 0.5) is 40.3 Å². The van der Waals surface area contributed by atoms with Gasteiger partial charge in [-0.2, -0.15) is 48.6 Å². The molecule has 5 aromatic rings. The van der Waals surface area contributed by atoms with Gasteiger partial charge < -0.3 is 21.7 Å². The lowest BCUT2D eigenvalue weighted by molar-refractivity contribution is 0.0980. The summed E-state index contributed by atoms with van der Waals surface area (Å²) < 4.78 is 135. The molecule has 0 saturated heterocycles. The van der Waals surface area contributed by atoms with E-state index >= 15 is 0 Å². The van der Waals surface area contributed by atoms with Gasteiger partial charge in [0.05, 0.1) is 28.2 Å². The Bertz CT molecular complexity index is 2980. The summed E-state index contributed by atoms with van der Waals surface area (Å²) in [5.41, 5.74) is 2.90. The van der Waals surface area contributed by atoms with Gasteiger partial charge in [-0.15, -0.1) is 0 Å². The largest absolute Gasteiger partial charge is 0.397 e. The average molecular weight is 854 g/mol. The molecule has 1 heterocycles. The topological polar surface area (TPSA) is 352 Å². The number of aromatic nitrogens is 3. The summed E-state index contributed by atoms with van der Waals surface area (Å²) >= 11 is 6.00. The number of nitrogens with one attached hydrogen (secondary N) is 3. The van der Waals surface area contributed by atoms with E-state index in [-0.39, 0.29) is 22.5 Å². The Kier molecular flexibility index (Phi) is 9.65. The number of anilines is 7. The van der Waals surface area contributed by atoms with E-state index in [1.54, 1.807) is 0 Å². The maximum absolute atomic E-state index is 13.6. The molecule has 286 valence electrons. The molecule has 0 radical (unpaired) electrons. The van der Waals surface area contributed by atoms with Crippen molar-refractivity contribution in [2.75, 3.05) is 21.7 Å². The van der Waals surface area contributed by atoms with Crippen molar-refractivity contribution in [3.8, 4) is 0 Å². The standard InChI is InChI=1S/C29H20ClN7O14S4/c30-27-35-28(33-13-6-8-18(52(40,41)42)20(10-13)54(46,47)48)37-29(36-27)34-16-7-5-12(9-19(16)53(43,44)45)32-17-11-21(55(49,50)51)24(31)23-22(17)25(38)14-3-1-2-4-15(14)26(23)39/h1-11,32H,31H2,(H,40,41,42)(H,43,44,45)(H,46,47,48)(H,49,50,51)(H2,33,34,35,36,37). The fourth-order valence-corrected chi connectivity index (χ4v) is 8.65. The minimum Gasteiger partial charge on any atom is -0.397 e. The summed E-state index contributed by atoms with van der Waals surface area (Å²) in [6.45, 7) is 0. The molecule has 0 aliphatic heterocycles. The van der Waals surface area contributed by atoms with Gasteiger partial charge in [-0.3, -0.25) is 27.8 Å². The van der Waals surface area contributed by atoms with Crippen LogP contribution in [-0.2, 0) is 40.5 Å². The highest BCUT2D eigenvalue weighted by atomic mass is 35.5. The smallest absolute Gasteiger partial charge is 0.296 e. The van der Waals surface area contributed by atoms with E-state index in [9.17, 15) is 61.5 Å². The SMILES string of the molecule is Nc1c(S(=O)(=O)O)cc(Nc2ccc(Nc3nc(Cl)nc(Nc4ccc(S(=O)(=O)O)c(S(=O)(=O)O)c4)n3)c(S(=O)(=O)O)c2)c2c1C(=O)c1ccccc1C2=O. The van der Waals surface area contributed by atoms with Crippen LogP contribution >= 0.6 is 11.6 Å². The predicted molar refractivity (Wildman–Crippen MR) is 191 cm³/mol. The van der Waals surface area contributed by atoms with E-state index < -0.39 is 117 Å². The quantitative estimate of drug-likeness (QED) is 0.0724. The zero-order chi connectivity index (χ0) is 40.4. The number of carbonyl (C=O) groups excluding carboxylic acids is 2. The second kappa shape index (κ2) is 13.6. The highest BCUT2D eigenvalue weighted by Gasteiger charge is 2.36. The maximum atomic E-state index is 13.6. The number of halogens is 1. The number of fused-ring (bicyclic) bond motifs is 2. The van der Waals surface area contributed by atoms with Crippen LogP contribution in [0.1, 0.15) is 31.8 Å². The van der Waals surface area contributed by atoms with Crippen LogP contribution in [0, 0.1) is 0 Å². The van der Waals surface area contributed by atoms with E-state index in [1.165, 1.54) is 30.3 Å². The molecule has 0 amide bonds. The van der Waals surface area contributed by atoms with Crippen LogP contribution < -0.4 is 21.7 Å². The number of hydrogen-bond acceptors (Lipinski definition) is 17. The Morgan fingerprint density at radius 1 is 0.527 bits per heavy atom. The number of carbonyl (C=O) groups is 2. The van der Waals surface area contributed by atoms with Crippen LogP contribution in [0.2, 0.25) is 5.28 Å². The molecule has 1 aromatic heterocycles. The number of nitrogens with zero attached hydrogens (tertiary/aromatic N) is 3. The molecule has 26 heteroatoms. The van der Waals surface area contributed by atoms with E-state index in [4.69, 9.17) is 17.3 Å². The first-order chi connectivity index (χ1) is 25.4. The summed E-state index contributed by atoms with van der Waals surface area (Å²) in [5.74, 6) is -2.56. The van der Waals surface area contributed by atoms with Crippen molar-refractivity contribution < 1.29 is 61.5 Å². The third-order valence-corrected chi connectivity index (χ3v) is 11.5. The van der Waals surface area contributed by atoms with E-state index in [2.05, 4.69) is 30.9 Å². The number of rotatable bonds is 10. The van der Waals surface area contributed by atoms with Crippen LogP contribution in [0.5, 0.6) is 0 Å². The molecule has 0 saturated carbocycles. The monoisotopic (exact) mass is 853 g/mol. The average Bonchev–Trinajstić information content (AvgIpc) is 3.06. The fraction of sp³-hybridized carbons (Fsp3) is 0. The lowest BCUT2D eigenvalue weighted by atomic mass is 9.82. The molecule has 4 aromatic carbocycles. The molecule has 55 heavy (non-hydrogen) atoms. The third kappa shape index (κ3) is 7.81. The molecular formula is C29H20ClN7O14S4. The Morgan fingerprint density at radius 3 is 1.58 bits per heavy atom. The molecular weight excluding hydrogens is 834 g/mol. The van der Waals surface area contributed by atoms with Gasteiger partial charge in [0.15, 0.2) is 11.6 Å². The summed E-state index contributed by atoms with van der Waals surface area (Å²) in [5, 5.41) is 7.04. The predicted octanol–water partition coefficient (Wildman–Crippen LogP) is 3.10. The molecule has 9 N–H and O–H groups in total. The molecule has 0 unspecified atom stereocenters. The number of nitrogen functional groups attached to an aromatic ring is 1. The van der Waals surface area contributed by atoms with Crippen LogP contribution in [-0.4, -0.2) is 78.4 Å². The minimum atomic E-state index is -5.19. The van der Waals surface area contributed by atoms with Crippen molar-refractivity contribution in [1.29, 1.82) is 0 Å². The lowest BCUT2D eigenvalue weighted by Gasteiger charge is -2.24. The molecule has 0 atom stereocenters. The Hall–Kier alpha value is -5.64. The number of benzene rings is 4. The van der Waals surface area contributed by atoms with Gasteiger partial charge in [-0.1, -0.05) is 24.3 Å². The number of nitrogens with two attached hydrogens (primary N) is 1. The van der Waals surface area contributed by atoms with Crippen molar-refractivity contribution in [2.24, 2.45) is 0 Å². The molecule has 0 fully saturated rings. The number of hydrogen-bond donors (Lipinski definition) is 8. The van der Waals surface area contributed by atoms with Gasteiger partial charge in [0.2, 0.25) is 17.2 Å². The van der Waals surface area contributed by atoms with Gasteiger partial charge >= 0.3 is 0 Å². The van der Waals surface area contributed by atoms with Crippen LogP contribution in [0.3, 0.4) is 0 Å². The highest BCUT2D eigenvalue weighted by Crippen LogP contribution is 2.41. The molecule has 1 aliphatic rings. The number of ketones is 2. The van der Waals surface area contributed by atoms with Crippen molar-refractivity contribution >= 4 is 104 Å². The molecule has 1 aliphatic carbocycles. The van der Waals surface area contributed by atoms with E-state index in [0.717, 1.165) is 24.3 Å². The van der Waals surface area contributed by atoms with Gasteiger partial charge in [-0.05, 0) is 54.1 Å². The van der Waals surface area contributed by atoms with Crippen LogP contribution in [0.15, 0.2) is 86.3 Å². The van der Waals surface area contributed by atoms with Gasteiger partial charge in [0.1, 0.15) is 19.6 Å². The van der Waals surface area contributed by atoms with E-state index in [1.807, 2.05) is 0 Å². The molecule has 0 spiro atoms. The second-order valence-electron chi connectivity index (χ2n) is 11.2. The highest BCUT2D eigenvalue weighted by molar-refractivity contribution is 7.89. The Morgan fingerprint density at radius 2 is 1.02 bits per heavy atom. The maximum Gasteiger partial charge on any atom is 0.296 e. The summed E-state index contributed by atoms with van der Waals surface area (Å²) in [6.07, 6.45) is 0. The van der Waals surface area contributed by atoms with Crippen molar-refractivity contribution in [1.82, 2.24) is 15.0 Å². The molecule has 6 rings (SSSR count). The van der Waals surface area contributed by atoms with Gasteiger partial charge in [0.25, 0.3) is 40.5 Å². The zero-order valence-electron chi connectivity index (χ0n) is 26.7. The lowest BCUT2D eigenvalue weighted by Crippen LogP contribution is -2.25. The molecule has 0 bridgehead atoms. The fourth-order valence-electron chi connectivity index (χ4n) is 5.39. The normalized spacial score (nSPS) is 13.2. The van der Waals surface area contributed by atoms with Gasteiger partial charge in [-0.25, -0.2) is 0 Å². The van der Waals surface area contributed by atoms with E-state index in [0.29, 0.717) is 12.1 Å². The summed E-state index contributed by atoms with van der Waals surface area (Å²) in [6, 6.07) is 11.6. The first kappa shape index (κ1) is 39.1. The summed E-state index contributed by atoms with van der Waals surface area (Å²) in [7, 11) is -20.5. The van der Waals surface area contributed by atoms with Crippen molar-refractivity contribution in [3.05, 3.63) is 94.3 Å². The summed E-state index contributed by atoms with van der Waals surface area (Å²) in [4.78, 5) is 34.5. The Balaban J connectivity index is 1.38. The van der Waals surface area contributed by atoms with Crippen molar-refractivity contribution in [2.45, 2.75) is 19.6 Å². The minimum absolute atomic E-state index is 0.0564. The first-order valence-electron chi connectivity index (χ1n) is 14.5.